The van der Waals surface area contributed by atoms with Crippen molar-refractivity contribution in [3.8, 4) is 6.07 Å². The second-order valence-electron chi connectivity index (χ2n) is 9.21. The number of imidazole rings is 1. The van der Waals surface area contributed by atoms with Gasteiger partial charge in [-0.25, -0.2) is 4.98 Å². The van der Waals surface area contributed by atoms with Crippen LogP contribution in [-0.2, 0) is 17.8 Å². The number of amides is 1. The lowest BCUT2D eigenvalue weighted by atomic mass is 9.91. The maximum absolute atomic E-state index is 12.8. The molecule has 0 fully saturated rings. The molecule has 0 aliphatic heterocycles. The van der Waals surface area contributed by atoms with E-state index < -0.39 is 0 Å². The fourth-order valence-corrected chi connectivity index (χ4v) is 4.42. The Morgan fingerprint density at radius 1 is 1.00 bits per heavy atom. The topological polar surface area (TPSA) is 74.0 Å². The molecule has 1 N–H and O–H groups in total. The lowest BCUT2D eigenvalue weighted by Crippen LogP contribution is -2.32. The molecule has 1 heterocycles. The monoisotopic (exact) mass is 491 g/mol. The molecule has 188 valence electrons. The van der Waals surface area contributed by atoms with Crippen molar-refractivity contribution < 1.29 is 4.79 Å². The van der Waals surface area contributed by atoms with E-state index in [2.05, 4.69) is 69.5 Å². The standard InChI is InChI=1S/C31H33N5O/c1-35(19-17-29-21-34-24-36(29)23-26-14-12-25(20-32)13-15-26)31(37)16-18-33-22-30(27-8-4-2-5-9-27)28-10-6-3-7-11-28/h2-15,21,24,30,33H,16-19,22-23H2,1H3. The van der Waals surface area contributed by atoms with Gasteiger partial charge in [0.2, 0.25) is 5.91 Å². The number of aromatic nitrogens is 2. The third-order valence-electron chi connectivity index (χ3n) is 6.63. The van der Waals surface area contributed by atoms with E-state index in [4.69, 9.17) is 5.26 Å². The Balaban J connectivity index is 1.24. The van der Waals surface area contributed by atoms with Crippen LogP contribution >= 0.6 is 0 Å². The first-order chi connectivity index (χ1) is 18.1. The number of carbonyl (C=O) groups is 1. The number of hydrogen-bond donors (Lipinski definition) is 1. The van der Waals surface area contributed by atoms with Crippen LogP contribution in [0.3, 0.4) is 0 Å². The zero-order valence-electron chi connectivity index (χ0n) is 21.3. The average Bonchev–Trinajstić information content (AvgIpc) is 3.39. The highest BCUT2D eigenvalue weighted by Gasteiger charge is 2.15. The number of nitrogens with zero attached hydrogens (tertiary/aromatic N) is 4. The summed E-state index contributed by atoms with van der Waals surface area (Å²) >= 11 is 0. The summed E-state index contributed by atoms with van der Waals surface area (Å²) in [5.41, 5.74) is 5.37. The summed E-state index contributed by atoms with van der Waals surface area (Å²) < 4.78 is 2.09. The van der Waals surface area contributed by atoms with E-state index in [-0.39, 0.29) is 11.8 Å². The molecule has 0 atom stereocenters. The molecular weight excluding hydrogens is 458 g/mol. The fourth-order valence-electron chi connectivity index (χ4n) is 4.42. The first-order valence-electron chi connectivity index (χ1n) is 12.7. The Bertz CT molecular complexity index is 1250. The normalized spacial score (nSPS) is 10.8. The lowest BCUT2D eigenvalue weighted by Gasteiger charge is -2.20. The molecule has 0 aliphatic carbocycles. The number of nitrogens with one attached hydrogen (secondary N) is 1. The summed E-state index contributed by atoms with van der Waals surface area (Å²) in [4.78, 5) is 18.9. The van der Waals surface area contributed by atoms with Gasteiger partial charge in [0.1, 0.15) is 0 Å². The molecule has 0 unspecified atom stereocenters. The van der Waals surface area contributed by atoms with Crippen molar-refractivity contribution in [3.63, 3.8) is 0 Å². The summed E-state index contributed by atoms with van der Waals surface area (Å²) in [6.45, 7) is 2.73. The van der Waals surface area contributed by atoms with Crippen LogP contribution in [0.2, 0.25) is 0 Å². The zero-order valence-corrected chi connectivity index (χ0v) is 21.3. The molecule has 4 rings (SSSR count). The van der Waals surface area contributed by atoms with E-state index in [1.807, 2.05) is 56.0 Å². The van der Waals surface area contributed by atoms with Crippen LogP contribution in [0, 0.1) is 11.3 Å². The smallest absolute Gasteiger partial charge is 0.223 e. The molecule has 4 aromatic rings. The van der Waals surface area contributed by atoms with Gasteiger partial charge in [-0.15, -0.1) is 0 Å². The summed E-state index contributed by atoms with van der Waals surface area (Å²) in [6, 6.07) is 30.7. The minimum Gasteiger partial charge on any atom is -0.345 e. The predicted octanol–water partition coefficient (Wildman–Crippen LogP) is 4.62. The second kappa shape index (κ2) is 13.2. The van der Waals surface area contributed by atoms with Gasteiger partial charge in [-0.3, -0.25) is 4.79 Å². The Morgan fingerprint density at radius 2 is 1.65 bits per heavy atom. The largest absolute Gasteiger partial charge is 0.345 e. The van der Waals surface area contributed by atoms with Gasteiger partial charge in [0.05, 0.1) is 18.0 Å². The van der Waals surface area contributed by atoms with E-state index >= 15 is 0 Å². The molecule has 0 saturated carbocycles. The number of rotatable bonds is 12. The van der Waals surface area contributed by atoms with E-state index in [0.717, 1.165) is 24.2 Å². The molecule has 0 spiro atoms. The van der Waals surface area contributed by atoms with Gasteiger partial charge in [0, 0.05) is 63.9 Å². The third-order valence-corrected chi connectivity index (χ3v) is 6.63. The minimum absolute atomic E-state index is 0.127. The molecule has 37 heavy (non-hydrogen) atoms. The molecule has 6 nitrogen and oxygen atoms in total. The van der Waals surface area contributed by atoms with Crippen LogP contribution in [-0.4, -0.2) is 47.0 Å². The van der Waals surface area contributed by atoms with Crippen molar-refractivity contribution in [1.82, 2.24) is 19.8 Å². The van der Waals surface area contributed by atoms with Crippen molar-refractivity contribution in [2.75, 3.05) is 26.7 Å². The summed E-state index contributed by atoms with van der Waals surface area (Å²) in [7, 11) is 1.86. The highest BCUT2D eigenvalue weighted by atomic mass is 16.2. The molecular formula is C31H33N5O. The van der Waals surface area contributed by atoms with Crippen molar-refractivity contribution in [2.24, 2.45) is 0 Å². The SMILES string of the molecule is CN(CCc1cncn1Cc1ccc(C#N)cc1)C(=O)CCNCC(c1ccccc1)c1ccccc1. The molecule has 0 saturated heterocycles. The van der Waals surface area contributed by atoms with Gasteiger partial charge in [0.15, 0.2) is 0 Å². The Labute approximate surface area is 219 Å². The number of nitriles is 1. The van der Waals surface area contributed by atoms with Gasteiger partial charge in [-0.05, 0) is 28.8 Å². The van der Waals surface area contributed by atoms with Crippen molar-refractivity contribution in [2.45, 2.75) is 25.3 Å². The van der Waals surface area contributed by atoms with Gasteiger partial charge in [-0.2, -0.15) is 5.26 Å². The highest BCUT2D eigenvalue weighted by Crippen LogP contribution is 2.23. The van der Waals surface area contributed by atoms with Crippen LogP contribution in [0.5, 0.6) is 0 Å². The van der Waals surface area contributed by atoms with Crippen LogP contribution in [0.4, 0.5) is 0 Å². The third kappa shape index (κ3) is 7.39. The van der Waals surface area contributed by atoms with Gasteiger partial charge in [-0.1, -0.05) is 72.8 Å². The Morgan fingerprint density at radius 3 is 2.27 bits per heavy atom. The number of benzene rings is 3. The summed E-state index contributed by atoms with van der Waals surface area (Å²) in [5, 5.41) is 12.5. The molecule has 1 aromatic heterocycles. The second-order valence-corrected chi connectivity index (χ2v) is 9.21. The van der Waals surface area contributed by atoms with Crippen LogP contribution in [0.1, 0.15) is 40.3 Å². The maximum atomic E-state index is 12.8. The van der Waals surface area contributed by atoms with Gasteiger partial charge < -0.3 is 14.8 Å². The summed E-state index contributed by atoms with van der Waals surface area (Å²) in [6.07, 6.45) is 4.86. The molecule has 0 aliphatic rings. The lowest BCUT2D eigenvalue weighted by molar-refractivity contribution is -0.129. The predicted molar refractivity (Wildman–Crippen MR) is 146 cm³/mol. The van der Waals surface area contributed by atoms with Crippen molar-refractivity contribution in [3.05, 3.63) is 125 Å². The zero-order chi connectivity index (χ0) is 25.9. The Hall–Kier alpha value is -4.21. The van der Waals surface area contributed by atoms with Crippen molar-refractivity contribution in [1.29, 1.82) is 5.26 Å². The molecule has 0 bridgehead atoms. The summed E-state index contributed by atoms with van der Waals surface area (Å²) in [5.74, 6) is 0.369. The van der Waals surface area contributed by atoms with Crippen LogP contribution in [0.15, 0.2) is 97.5 Å². The van der Waals surface area contributed by atoms with Crippen LogP contribution in [0.25, 0.3) is 0 Å². The van der Waals surface area contributed by atoms with Crippen molar-refractivity contribution >= 4 is 5.91 Å². The molecule has 3 aromatic carbocycles. The average molecular weight is 492 g/mol. The molecule has 1 amide bonds. The fraction of sp³-hybridized carbons (Fsp3) is 0.258. The number of likely N-dealkylation sites (N-methyl/N-ethyl adjacent to an activating group) is 1. The van der Waals surface area contributed by atoms with Gasteiger partial charge >= 0.3 is 0 Å². The Kier molecular flexibility index (Phi) is 9.23. The van der Waals surface area contributed by atoms with Crippen LogP contribution < -0.4 is 5.32 Å². The highest BCUT2D eigenvalue weighted by molar-refractivity contribution is 5.76. The molecule has 6 heteroatoms. The van der Waals surface area contributed by atoms with E-state index in [1.165, 1.54) is 11.1 Å². The first-order valence-corrected chi connectivity index (χ1v) is 12.7. The van der Waals surface area contributed by atoms with Gasteiger partial charge in [0.25, 0.3) is 0 Å². The number of carbonyl (C=O) groups excluding carboxylic acids is 1. The molecule has 0 radical (unpaired) electrons. The van der Waals surface area contributed by atoms with E-state index in [0.29, 0.717) is 31.6 Å². The van der Waals surface area contributed by atoms with E-state index in [1.54, 1.807) is 4.90 Å². The minimum atomic E-state index is 0.127. The maximum Gasteiger partial charge on any atom is 0.223 e. The number of hydrogen-bond acceptors (Lipinski definition) is 4. The quantitative estimate of drug-likeness (QED) is 0.294. The van der Waals surface area contributed by atoms with E-state index in [9.17, 15) is 4.79 Å². The first kappa shape index (κ1) is 25.9.